The van der Waals surface area contributed by atoms with Gasteiger partial charge in [-0.2, -0.15) is 4.98 Å². The first-order valence-electron chi connectivity index (χ1n) is 9.05. The molecule has 1 aromatic heterocycles. The monoisotopic (exact) mass is 405 g/mol. The molecule has 2 heterocycles. The van der Waals surface area contributed by atoms with Gasteiger partial charge in [-0.25, -0.2) is 4.98 Å². The van der Waals surface area contributed by atoms with Crippen LogP contribution in [0.3, 0.4) is 0 Å². The number of rotatable bonds is 7. The lowest BCUT2D eigenvalue weighted by molar-refractivity contribution is -0.125. The summed E-state index contributed by atoms with van der Waals surface area (Å²) in [5.74, 6) is 1.59. The van der Waals surface area contributed by atoms with E-state index < -0.39 is 0 Å². The van der Waals surface area contributed by atoms with Crippen LogP contribution in [0.5, 0.6) is 5.75 Å². The summed E-state index contributed by atoms with van der Waals surface area (Å²) in [6.45, 7) is 5.65. The van der Waals surface area contributed by atoms with Crippen molar-refractivity contribution in [1.82, 2.24) is 14.9 Å². The maximum absolute atomic E-state index is 11.0. The van der Waals surface area contributed by atoms with Gasteiger partial charge < -0.3 is 25.0 Å². The minimum Gasteiger partial charge on any atom is -0.495 e. The van der Waals surface area contributed by atoms with Gasteiger partial charge in [0.05, 0.1) is 32.1 Å². The van der Waals surface area contributed by atoms with Crippen molar-refractivity contribution in [3.8, 4) is 5.75 Å². The summed E-state index contributed by atoms with van der Waals surface area (Å²) >= 11 is 6.15. The van der Waals surface area contributed by atoms with Crippen LogP contribution in [-0.4, -0.2) is 54.1 Å². The summed E-state index contributed by atoms with van der Waals surface area (Å²) < 4.78 is 11.3. The number of ether oxygens (including phenoxy) is 2. The topological polar surface area (TPSA) is 88.6 Å². The molecule has 1 atom stereocenters. The zero-order valence-electron chi connectivity index (χ0n) is 16.1. The van der Waals surface area contributed by atoms with Gasteiger partial charge >= 0.3 is 0 Å². The van der Waals surface area contributed by atoms with E-state index in [0.717, 1.165) is 12.0 Å². The maximum atomic E-state index is 11.0. The average molecular weight is 406 g/mol. The molecule has 3 rings (SSSR count). The molecule has 8 nitrogen and oxygen atoms in total. The van der Waals surface area contributed by atoms with Crippen LogP contribution < -0.4 is 15.4 Å². The van der Waals surface area contributed by atoms with Crippen LogP contribution in [0.4, 0.5) is 17.5 Å². The Kier molecular flexibility index (Phi) is 6.53. The van der Waals surface area contributed by atoms with Crippen LogP contribution in [0, 0.1) is 0 Å². The van der Waals surface area contributed by atoms with Gasteiger partial charge in [-0.1, -0.05) is 17.7 Å². The number of morpholine rings is 1. The number of hydrogen-bond donors (Lipinski definition) is 2. The molecular formula is C19H24ClN5O3. The molecule has 1 aromatic carbocycles. The van der Waals surface area contributed by atoms with E-state index in [2.05, 4.69) is 20.6 Å². The van der Waals surface area contributed by atoms with Crippen LogP contribution in [0.2, 0.25) is 5.02 Å². The molecule has 2 N–H and O–H groups in total. The molecular weight excluding hydrogens is 382 g/mol. The third-order valence-corrected chi connectivity index (χ3v) is 4.54. The number of halogens is 1. The average Bonchev–Trinajstić information content (AvgIpc) is 2.70. The zero-order chi connectivity index (χ0) is 20.1. The summed E-state index contributed by atoms with van der Waals surface area (Å²) in [5, 5.41) is 6.80. The molecule has 1 amide bonds. The molecule has 1 unspecified atom stereocenters. The van der Waals surface area contributed by atoms with E-state index in [1.54, 1.807) is 18.2 Å². The normalized spacial score (nSPS) is 16.8. The van der Waals surface area contributed by atoms with E-state index in [-0.39, 0.29) is 12.1 Å². The van der Waals surface area contributed by atoms with Gasteiger partial charge in [0.2, 0.25) is 12.4 Å². The number of hydrogen-bond acceptors (Lipinski definition) is 7. The Labute approximate surface area is 169 Å². The standard InChI is InChI=1S/C19H24ClN5O3/c1-12(2)22-18-14(20)9-21-19(24-18)23-15-5-4-13(8-16(15)27-3)17-10-25(11-26)6-7-28-17/h4-5,8-9,11-12,17H,6-7,10H2,1-3H3,(H2,21,22,23,24). The van der Waals surface area contributed by atoms with E-state index in [1.807, 2.05) is 32.0 Å². The number of methoxy groups -OCH3 is 1. The Balaban J connectivity index is 1.80. The highest BCUT2D eigenvalue weighted by atomic mass is 35.5. The number of nitrogens with one attached hydrogen (secondary N) is 2. The molecule has 1 aliphatic rings. The second-order valence-corrected chi connectivity index (χ2v) is 7.14. The highest BCUT2D eigenvalue weighted by Crippen LogP contribution is 2.32. The molecule has 0 saturated carbocycles. The molecule has 0 bridgehead atoms. The van der Waals surface area contributed by atoms with Crippen molar-refractivity contribution in [2.24, 2.45) is 0 Å². The van der Waals surface area contributed by atoms with Crippen molar-refractivity contribution in [3.63, 3.8) is 0 Å². The van der Waals surface area contributed by atoms with Crippen molar-refractivity contribution in [1.29, 1.82) is 0 Å². The Morgan fingerprint density at radius 3 is 2.96 bits per heavy atom. The van der Waals surface area contributed by atoms with Crippen LogP contribution >= 0.6 is 11.6 Å². The predicted molar refractivity (Wildman–Crippen MR) is 108 cm³/mol. The van der Waals surface area contributed by atoms with Crippen molar-refractivity contribution < 1.29 is 14.3 Å². The third-order valence-electron chi connectivity index (χ3n) is 4.26. The van der Waals surface area contributed by atoms with Crippen molar-refractivity contribution in [2.45, 2.75) is 26.0 Å². The first kappa shape index (κ1) is 20.2. The van der Waals surface area contributed by atoms with E-state index >= 15 is 0 Å². The number of benzene rings is 1. The molecule has 0 aliphatic carbocycles. The summed E-state index contributed by atoms with van der Waals surface area (Å²) in [5.41, 5.74) is 1.65. The quantitative estimate of drug-likeness (QED) is 0.683. The highest BCUT2D eigenvalue weighted by molar-refractivity contribution is 6.32. The summed E-state index contributed by atoms with van der Waals surface area (Å²) in [6.07, 6.45) is 2.21. The molecule has 0 radical (unpaired) electrons. The van der Waals surface area contributed by atoms with Crippen LogP contribution in [0.25, 0.3) is 0 Å². The largest absolute Gasteiger partial charge is 0.495 e. The minimum absolute atomic E-state index is 0.185. The fourth-order valence-corrected chi connectivity index (χ4v) is 3.05. The molecule has 0 spiro atoms. The minimum atomic E-state index is -0.185. The lowest BCUT2D eigenvalue weighted by Gasteiger charge is -2.30. The zero-order valence-corrected chi connectivity index (χ0v) is 16.9. The van der Waals surface area contributed by atoms with Gasteiger partial charge in [0.1, 0.15) is 16.9 Å². The second kappa shape index (κ2) is 9.07. The van der Waals surface area contributed by atoms with E-state index in [0.29, 0.717) is 47.9 Å². The number of anilines is 3. The van der Waals surface area contributed by atoms with Gasteiger partial charge in [0.25, 0.3) is 0 Å². The van der Waals surface area contributed by atoms with Crippen LogP contribution in [0.1, 0.15) is 25.5 Å². The second-order valence-electron chi connectivity index (χ2n) is 6.73. The Morgan fingerprint density at radius 2 is 2.25 bits per heavy atom. The molecule has 28 heavy (non-hydrogen) atoms. The van der Waals surface area contributed by atoms with Gasteiger partial charge in [0, 0.05) is 12.6 Å². The number of carbonyl (C=O) groups is 1. The first-order valence-corrected chi connectivity index (χ1v) is 9.43. The summed E-state index contributed by atoms with van der Waals surface area (Å²) in [7, 11) is 1.60. The van der Waals surface area contributed by atoms with E-state index in [1.165, 1.54) is 0 Å². The van der Waals surface area contributed by atoms with Crippen LogP contribution in [-0.2, 0) is 9.53 Å². The maximum Gasteiger partial charge on any atom is 0.229 e. The van der Waals surface area contributed by atoms with E-state index in [9.17, 15) is 4.79 Å². The van der Waals surface area contributed by atoms with Gasteiger partial charge in [0.15, 0.2) is 5.82 Å². The lowest BCUT2D eigenvalue weighted by Crippen LogP contribution is -2.37. The fraction of sp³-hybridized carbons (Fsp3) is 0.421. The number of amides is 1. The van der Waals surface area contributed by atoms with Gasteiger partial charge in [-0.15, -0.1) is 0 Å². The predicted octanol–water partition coefficient (Wildman–Crippen LogP) is 3.23. The summed E-state index contributed by atoms with van der Waals surface area (Å²) in [6, 6.07) is 5.90. The number of aromatic nitrogens is 2. The van der Waals surface area contributed by atoms with Crippen molar-refractivity contribution in [2.75, 3.05) is 37.4 Å². The molecule has 2 aromatic rings. The Bertz CT molecular complexity index is 833. The highest BCUT2D eigenvalue weighted by Gasteiger charge is 2.22. The Hall–Kier alpha value is -2.58. The smallest absolute Gasteiger partial charge is 0.229 e. The fourth-order valence-electron chi connectivity index (χ4n) is 2.90. The molecule has 1 aliphatic heterocycles. The Morgan fingerprint density at radius 1 is 1.43 bits per heavy atom. The molecule has 150 valence electrons. The molecule has 1 saturated heterocycles. The number of nitrogens with zero attached hydrogens (tertiary/aromatic N) is 3. The summed E-state index contributed by atoms with van der Waals surface area (Å²) in [4.78, 5) is 21.4. The van der Waals surface area contributed by atoms with Crippen LogP contribution in [0.15, 0.2) is 24.4 Å². The SMILES string of the molecule is COc1cc(C2CN(C=O)CCO2)ccc1Nc1ncc(Cl)c(NC(C)C)n1. The molecule has 1 fully saturated rings. The van der Waals surface area contributed by atoms with Crippen molar-refractivity contribution in [3.05, 3.63) is 35.0 Å². The van der Waals surface area contributed by atoms with E-state index in [4.69, 9.17) is 21.1 Å². The van der Waals surface area contributed by atoms with Crippen molar-refractivity contribution >= 4 is 35.5 Å². The van der Waals surface area contributed by atoms with Gasteiger partial charge in [-0.05, 0) is 31.5 Å². The van der Waals surface area contributed by atoms with Gasteiger partial charge in [-0.3, -0.25) is 4.79 Å². The molecule has 9 heteroatoms. The first-order chi connectivity index (χ1) is 13.5. The third kappa shape index (κ3) is 4.82. The number of carbonyl (C=O) groups excluding carboxylic acids is 1. The lowest BCUT2D eigenvalue weighted by atomic mass is 10.1.